The van der Waals surface area contributed by atoms with Crippen LogP contribution in [0.5, 0.6) is 5.75 Å². The van der Waals surface area contributed by atoms with Crippen molar-refractivity contribution in [2.45, 2.75) is 39.2 Å². The van der Waals surface area contributed by atoms with Crippen LogP contribution < -0.4 is 4.74 Å². The normalized spacial score (nSPS) is 11.0. The van der Waals surface area contributed by atoms with Gasteiger partial charge in [0.25, 0.3) is 0 Å². The van der Waals surface area contributed by atoms with Gasteiger partial charge in [-0.25, -0.2) is 4.98 Å². The average molecular weight is 337 g/mol. The van der Waals surface area contributed by atoms with Gasteiger partial charge in [-0.05, 0) is 42.5 Å². The molecule has 0 fully saturated rings. The Kier molecular flexibility index (Phi) is 5.65. The quantitative estimate of drug-likeness (QED) is 0.689. The fourth-order valence-electron chi connectivity index (χ4n) is 2.10. The van der Waals surface area contributed by atoms with Crippen molar-refractivity contribution in [1.82, 2.24) is 9.55 Å². The van der Waals surface area contributed by atoms with Crippen LogP contribution in [-0.2, 0) is 6.54 Å². The summed E-state index contributed by atoms with van der Waals surface area (Å²) in [6, 6.07) is 6.23. The molecule has 0 amide bonds. The van der Waals surface area contributed by atoms with Crippen molar-refractivity contribution in [2.24, 2.45) is 0 Å². The minimum Gasteiger partial charge on any atom is -0.493 e. The summed E-state index contributed by atoms with van der Waals surface area (Å²) in [6.45, 7) is 6.14. The number of hydrogen-bond acceptors (Lipinski definition) is 2. The van der Waals surface area contributed by atoms with Crippen LogP contribution in [0.25, 0.3) is 0 Å². The molecule has 4 heteroatoms. The number of hydrogen-bond donors (Lipinski definition) is 0. The van der Waals surface area contributed by atoms with Crippen LogP contribution in [0.4, 0.5) is 0 Å². The molecule has 20 heavy (non-hydrogen) atoms. The SMILES string of the molecule is CC(C)c1cc(Br)ccc1OCCCCn1ccnc1. The van der Waals surface area contributed by atoms with Crippen LogP contribution in [0.1, 0.15) is 38.2 Å². The fourth-order valence-corrected chi connectivity index (χ4v) is 2.48. The number of unbranched alkanes of at least 4 members (excludes halogenated alkanes) is 1. The van der Waals surface area contributed by atoms with E-state index in [2.05, 4.69) is 51.5 Å². The van der Waals surface area contributed by atoms with Crippen molar-refractivity contribution in [3.63, 3.8) is 0 Å². The van der Waals surface area contributed by atoms with Crippen LogP contribution in [-0.4, -0.2) is 16.2 Å². The first-order valence-electron chi connectivity index (χ1n) is 7.05. The van der Waals surface area contributed by atoms with Crippen molar-refractivity contribution < 1.29 is 4.74 Å². The highest BCUT2D eigenvalue weighted by molar-refractivity contribution is 9.10. The second-order valence-corrected chi connectivity index (χ2v) is 6.11. The Morgan fingerprint density at radius 1 is 1.30 bits per heavy atom. The summed E-state index contributed by atoms with van der Waals surface area (Å²) in [4.78, 5) is 4.04. The molecule has 0 saturated carbocycles. The molecule has 0 aliphatic rings. The summed E-state index contributed by atoms with van der Waals surface area (Å²) < 4.78 is 9.13. The summed E-state index contributed by atoms with van der Waals surface area (Å²) >= 11 is 3.52. The zero-order valence-corrected chi connectivity index (χ0v) is 13.6. The van der Waals surface area contributed by atoms with Gasteiger partial charge in [0.15, 0.2) is 0 Å². The number of rotatable bonds is 7. The molecule has 0 saturated heterocycles. The zero-order valence-electron chi connectivity index (χ0n) is 12.1. The molecule has 0 aliphatic heterocycles. The molecule has 0 spiro atoms. The van der Waals surface area contributed by atoms with Crippen LogP contribution in [0, 0.1) is 0 Å². The molecule has 0 radical (unpaired) electrons. The maximum absolute atomic E-state index is 5.93. The van der Waals surface area contributed by atoms with Gasteiger partial charge in [-0.2, -0.15) is 0 Å². The summed E-state index contributed by atoms with van der Waals surface area (Å²) in [5.41, 5.74) is 1.26. The molecule has 0 aliphatic carbocycles. The van der Waals surface area contributed by atoms with E-state index in [1.54, 1.807) is 0 Å². The summed E-state index contributed by atoms with van der Waals surface area (Å²) in [7, 11) is 0. The Balaban J connectivity index is 1.79. The second kappa shape index (κ2) is 7.48. The maximum atomic E-state index is 5.93. The van der Waals surface area contributed by atoms with Crippen molar-refractivity contribution in [3.8, 4) is 5.75 Å². The third-order valence-electron chi connectivity index (χ3n) is 3.22. The van der Waals surface area contributed by atoms with Gasteiger partial charge < -0.3 is 9.30 Å². The first-order valence-corrected chi connectivity index (χ1v) is 7.84. The van der Waals surface area contributed by atoms with E-state index in [9.17, 15) is 0 Å². The predicted molar refractivity (Wildman–Crippen MR) is 85.2 cm³/mol. The molecular formula is C16H21BrN2O. The zero-order chi connectivity index (χ0) is 14.4. The van der Waals surface area contributed by atoms with E-state index in [-0.39, 0.29) is 0 Å². The third-order valence-corrected chi connectivity index (χ3v) is 3.71. The minimum absolute atomic E-state index is 0.466. The highest BCUT2D eigenvalue weighted by atomic mass is 79.9. The smallest absolute Gasteiger partial charge is 0.122 e. The van der Waals surface area contributed by atoms with E-state index in [1.807, 2.05) is 24.8 Å². The van der Waals surface area contributed by atoms with Gasteiger partial charge in [0.2, 0.25) is 0 Å². The van der Waals surface area contributed by atoms with Crippen LogP contribution in [0.2, 0.25) is 0 Å². The second-order valence-electron chi connectivity index (χ2n) is 5.19. The first kappa shape index (κ1) is 15.1. The van der Waals surface area contributed by atoms with Crippen molar-refractivity contribution in [3.05, 3.63) is 47.0 Å². The lowest BCUT2D eigenvalue weighted by atomic mass is 10.0. The van der Waals surface area contributed by atoms with E-state index in [1.165, 1.54) is 5.56 Å². The summed E-state index contributed by atoms with van der Waals surface area (Å²) in [5.74, 6) is 1.47. The summed E-state index contributed by atoms with van der Waals surface area (Å²) in [5, 5.41) is 0. The van der Waals surface area contributed by atoms with Crippen LogP contribution in [0.3, 0.4) is 0 Å². The number of ether oxygens (including phenoxy) is 1. The number of nitrogens with zero attached hydrogens (tertiary/aromatic N) is 2. The lowest BCUT2D eigenvalue weighted by Gasteiger charge is -2.14. The largest absolute Gasteiger partial charge is 0.493 e. The highest BCUT2D eigenvalue weighted by Crippen LogP contribution is 2.29. The van der Waals surface area contributed by atoms with Gasteiger partial charge in [0.05, 0.1) is 12.9 Å². The molecular weight excluding hydrogens is 316 g/mol. The molecule has 1 aromatic carbocycles. The molecule has 108 valence electrons. The van der Waals surface area contributed by atoms with Gasteiger partial charge in [-0.3, -0.25) is 0 Å². The van der Waals surface area contributed by atoms with Crippen molar-refractivity contribution in [2.75, 3.05) is 6.61 Å². The predicted octanol–water partition coefficient (Wildman–Crippen LogP) is 4.63. The molecule has 0 unspecified atom stereocenters. The third kappa shape index (κ3) is 4.37. The Morgan fingerprint density at radius 2 is 2.15 bits per heavy atom. The fraction of sp³-hybridized carbons (Fsp3) is 0.438. The maximum Gasteiger partial charge on any atom is 0.122 e. The molecule has 0 atom stereocenters. The molecule has 3 nitrogen and oxygen atoms in total. The van der Waals surface area contributed by atoms with Gasteiger partial charge in [0, 0.05) is 23.4 Å². The molecule has 0 bridgehead atoms. The van der Waals surface area contributed by atoms with E-state index in [0.29, 0.717) is 5.92 Å². The molecule has 1 aromatic heterocycles. The van der Waals surface area contributed by atoms with Gasteiger partial charge in [-0.15, -0.1) is 0 Å². The highest BCUT2D eigenvalue weighted by Gasteiger charge is 2.08. The van der Waals surface area contributed by atoms with Crippen LogP contribution >= 0.6 is 15.9 Å². The van der Waals surface area contributed by atoms with Crippen molar-refractivity contribution in [1.29, 1.82) is 0 Å². The Hall–Kier alpha value is -1.29. The first-order chi connectivity index (χ1) is 9.66. The van der Waals surface area contributed by atoms with E-state index >= 15 is 0 Å². The number of imidazole rings is 1. The lowest BCUT2D eigenvalue weighted by molar-refractivity contribution is 0.299. The number of aryl methyl sites for hydroxylation is 1. The Labute approximate surface area is 129 Å². The standard InChI is InChI=1S/C16H21BrN2O/c1-13(2)15-11-14(17)5-6-16(15)20-10-4-3-8-19-9-7-18-12-19/h5-7,9,11-13H,3-4,8,10H2,1-2H3. The number of halogens is 1. The number of aromatic nitrogens is 2. The number of benzene rings is 1. The molecule has 2 aromatic rings. The summed E-state index contributed by atoms with van der Waals surface area (Å²) in [6.07, 6.45) is 7.81. The van der Waals surface area contributed by atoms with E-state index in [4.69, 9.17) is 4.74 Å². The molecule has 0 N–H and O–H groups in total. The topological polar surface area (TPSA) is 27.1 Å². The Morgan fingerprint density at radius 3 is 2.85 bits per heavy atom. The van der Waals surface area contributed by atoms with Gasteiger partial charge in [0.1, 0.15) is 5.75 Å². The van der Waals surface area contributed by atoms with Crippen LogP contribution in [0.15, 0.2) is 41.4 Å². The monoisotopic (exact) mass is 336 g/mol. The Bertz CT molecular complexity index is 523. The van der Waals surface area contributed by atoms with Gasteiger partial charge in [-0.1, -0.05) is 29.8 Å². The molecule has 1 heterocycles. The van der Waals surface area contributed by atoms with E-state index < -0.39 is 0 Å². The lowest BCUT2D eigenvalue weighted by Crippen LogP contribution is -2.03. The average Bonchev–Trinajstić information content (AvgIpc) is 2.92. The van der Waals surface area contributed by atoms with E-state index in [0.717, 1.165) is 36.2 Å². The molecule has 2 rings (SSSR count). The minimum atomic E-state index is 0.466. The van der Waals surface area contributed by atoms with Crippen molar-refractivity contribution >= 4 is 15.9 Å². The van der Waals surface area contributed by atoms with Gasteiger partial charge >= 0.3 is 0 Å².